The highest BCUT2D eigenvalue weighted by Crippen LogP contribution is 2.66. The number of rotatable bonds is 2. The Balaban J connectivity index is 1.44. The molecule has 6 atom stereocenters. The van der Waals surface area contributed by atoms with E-state index in [2.05, 4.69) is 38.1 Å². The molecular weight excluding hydrogens is 396 g/mol. The molecule has 0 amide bonds. The molecule has 1 aliphatic heterocycles. The normalized spacial score (nSPS) is 40.2. The number of fused-ring (bicyclic) bond motifs is 4. The van der Waals surface area contributed by atoms with Crippen LogP contribution in [-0.4, -0.2) is 24.8 Å². The fourth-order valence-corrected chi connectivity index (χ4v) is 8.75. The molecule has 172 valence electrons. The third kappa shape index (κ3) is 3.10. The summed E-state index contributed by atoms with van der Waals surface area (Å²) in [5.74, 6) is 2.72. The van der Waals surface area contributed by atoms with Gasteiger partial charge in [-0.15, -0.1) is 0 Å². The van der Waals surface area contributed by atoms with Gasteiger partial charge in [0.2, 0.25) is 0 Å². The van der Waals surface area contributed by atoms with Crippen LogP contribution in [-0.2, 0) is 14.3 Å². The Bertz CT molecular complexity index is 938. The van der Waals surface area contributed by atoms with Crippen molar-refractivity contribution >= 4 is 5.78 Å². The molecule has 1 heterocycles. The van der Waals surface area contributed by atoms with E-state index in [1.807, 2.05) is 6.92 Å². The van der Waals surface area contributed by atoms with E-state index in [4.69, 9.17) is 9.47 Å². The molecule has 1 aromatic carbocycles. The van der Waals surface area contributed by atoms with Crippen LogP contribution in [0.15, 0.2) is 35.4 Å². The molecule has 4 aliphatic carbocycles. The van der Waals surface area contributed by atoms with Gasteiger partial charge < -0.3 is 9.47 Å². The van der Waals surface area contributed by atoms with Crippen LogP contribution in [0, 0.1) is 36.0 Å². The van der Waals surface area contributed by atoms with Crippen molar-refractivity contribution in [3.05, 3.63) is 46.5 Å². The maximum Gasteiger partial charge on any atom is 0.169 e. The summed E-state index contributed by atoms with van der Waals surface area (Å²) in [5.41, 5.74) is 6.43. The van der Waals surface area contributed by atoms with Gasteiger partial charge in [0.05, 0.1) is 13.2 Å². The lowest BCUT2D eigenvalue weighted by Gasteiger charge is -2.54. The highest BCUT2D eigenvalue weighted by Gasteiger charge is 2.58. The fourth-order valence-electron chi connectivity index (χ4n) is 8.75. The summed E-state index contributed by atoms with van der Waals surface area (Å²) < 4.78 is 12.3. The van der Waals surface area contributed by atoms with Crippen LogP contribution in [0.4, 0.5) is 0 Å². The largest absolute Gasteiger partial charge is 0.348 e. The average Bonchev–Trinajstić information content (AvgIpc) is 3.37. The molecule has 3 nitrogen and oxygen atoms in total. The number of Topliss-reactive ketones (excluding diaryl/α,β-unsaturated/α-hetero) is 1. The van der Waals surface area contributed by atoms with Crippen molar-refractivity contribution in [3.63, 3.8) is 0 Å². The molecule has 0 bridgehead atoms. The number of carbonyl (C=O) groups is 1. The molecule has 3 saturated carbocycles. The molecule has 1 aromatic rings. The van der Waals surface area contributed by atoms with Gasteiger partial charge in [-0.1, -0.05) is 47.9 Å². The fraction of sp³-hybridized carbons (Fsp3) is 0.690. The zero-order valence-electron chi connectivity index (χ0n) is 20.0. The summed E-state index contributed by atoms with van der Waals surface area (Å²) in [6.45, 7) is 7.97. The van der Waals surface area contributed by atoms with E-state index in [0.717, 1.165) is 45.3 Å². The van der Waals surface area contributed by atoms with Crippen molar-refractivity contribution < 1.29 is 14.3 Å². The molecule has 6 unspecified atom stereocenters. The third-order valence-electron chi connectivity index (χ3n) is 10.1. The standard InChI is InChI=1S/C29H38O3/c1-18-4-6-20(7-5-18)24-17-28(3)25(19(2)30)10-11-26(28)23-9-8-21-16-29(31-14-15-32-29)13-12-22(21)27(23)24/h4-7,21,23-26H,8-17H2,1-3H3. The Labute approximate surface area is 192 Å². The quantitative estimate of drug-likeness (QED) is 0.509. The minimum absolute atomic E-state index is 0.135. The van der Waals surface area contributed by atoms with Crippen LogP contribution < -0.4 is 0 Å². The van der Waals surface area contributed by atoms with Gasteiger partial charge in [0.15, 0.2) is 5.79 Å². The van der Waals surface area contributed by atoms with Crippen LogP contribution in [0.3, 0.4) is 0 Å². The zero-order valence-corrected chi connectivity index (χ0v) is 20.0. The van der Waals surface area contributed by atoms with E-state index < -0.39 is 0 Å². The summed E-state index contributed by atoms with van der Waals surface area (Å²) >= 11 is 0. The van der Waals surface area contributed by atoms with Gasteiger partial charge >= 0.3 is 0 Å². The number of carbonyl (C=O) groups excluding carboxylic acids is 1. The number of ether oxygens (including phenoxy) is 2. The number of aryl methyl sites for hydroxylation is 1. The van der Waals surface area contributed by atoms with Crippen LogP contribution in [0.25, 0.3) is 0 Å². The van der Waals surface area contributed by atoms with Crippen LogP contribution in [0.5, 0.6) is 0 Å². The summed E-state index contributed by atoms with van der Waals surface area (Å²) in [7, 11) is 0. The SMILES string of the molecule is CC(=O)C1CCC2C3CCC4CC5(CCC4=C3C(c3ccc(C)cc3)CC12C)OCCO5. The van der Waals surface area contributed by atoms with Crippen molar-refractivity contribution in [2.75, 3.05) is 13.2 Å². The highest BCUT2D eigenvalue weighted by atomic mass is 16.7. The van der Waals surface area contributed by atoms with Crippen molar-refractivity contribution in [2.45, 2.75) is 83.8 Å². The van der Waals surface area contributed by atoms with Gasteiger partial charge in [-0.25, -0.2) is 0 Å². The van der Waals surface area contributed by atoms with Crippen molar-refractivity contribution in [1.82, 2.24) is 0 Å². The van der Waals surface area contributed by atoms with E-state index in [9.17, 15) is 4.79 Å². The van der Waals surface area contributed by atoms with Crippen LogP contribution >= 0.6 is 0 Å². The van der Waals surface area contributed by atoms with E-state index in [1.165, 1.54) is 30.4 Å². The lowest BCUT2D eigenvalue weighted by Crippen LogP contribution is -2.47. The summed E-state index contributed by atoms with van der Waals surface area (Å²) in [6.07, 6.45) is 9.14. The van der Waals surface area contributed by atoms with Gasteiger partial charge in [-0.3, -0.25) is 4.79 Å². The van der Waals surface area contributed by atoms with E-state index >= 15 is 0 Å². The molecule has 4 fully saturated rings. The summed E-state index contributed by atoms with van der Waals surface area (Å²) in [6, 6.07) is 9.28. The average molecular weight is 435 g/mol. The first-order chi connectivity index (χ1) is 15.4. The van der Waals surface area contributed by atoms with Crippen LogP contribution in [0.1, 0.15) is 82.3 Å². The molecule has 5 aliphatic rings. The Morgan fingerprint density at radius 1 is 1.00 bits per heavy atom. The van der Waals surface area contributed by atoms with Crippen LogP contribution in [0.2, 0.25) is 0 Å². The summed E-state index contributed by atoms with van der Waals surface area (Å²) in [4.78, 5) is 12.7. The molecule has 1 spiro atoms. The van der Waals surface area contributed by atoms with Gasteiger partial charge in [-0.05, 0) is 81.1 Å². The van der Waals surface area contributed by atoms with E-state index in [0.29, 0.717) is 29.5 Å². The third-order valence-corrected chi connectivity index (χ3v) is 10.1. The molecule has 0 radical (unpaired) electrons. The first kappa shape index (κ1) is 21.1. The number of ketones is 1. The lowest BCUT2D eigenvalue weighted by atomic mass is 9.51. The first-order valence-corrected chi connectivity index (χ1v) is 13.0. The van der Waals surface area contributed by atoms with Crippen molar-refractivity contribution in [3.8, 4) is 0 Å². The predicted octanol–water partition coefficient (Wildman–Crippen LogP) is 6.35. The van der Waals surface area contributed by atoms with Gasteiger partial charge in [0, 0.05) is 24.7 Å². The van der Waals surface area contributed by atoms with Gasteiger partial charge in [0.1, 0.15) is 5.78 Å². The maximum absolute atomic E-state index is 12.7. The van der Waals surface area contributed by atoms with E-state index in [1.54, 1.807) is 11.1 Å². The highest BCUT2D eigenvalue weighted by molar-refractivity contribution is 5.79. The molecule has 0 aromatic heterocycles. The Kier molecular flexibility index (Phi) is 4.97. The summed E-state index contributed by atoms with van der Waals surface area (Å²) in [5, 5.41) is 0. The molecule has 1 saturated heterocycles. The second kappa shape index (κ2) is 7.53. The maximum atomic E-state index is 12.7. The number of hydrogen-bond acceptors (Lipinski definition) is 3. The molecular formula is C29H38O3. The second-order valence-corrected chi connectivity index (χ2v) is 11.7. The first-order valence-electron chi connectivity index (χ1n) is 13.0. The topological polar surface area (TPSA) is 35.5 Å². The Morgan fingerprint density at radius 3 is 2.47 bits per heavy atom. The number of hydrogen-bond donors (Lipinski definition) is 0. The van der Waals surface area contributed by atoms with Crippen molar-refractivity contribution in [1.29, 1.82) is 0 Å². The Hall–Kier alpha value is -1.45. The smallest absolute Gasteiger partial charge is 0.169 e. The molecule has 32 heavy (non-hydrogen) atoms. The van der Waals surface area contributed by atoms with E-state index in [-0.39, 0.29) is 17.1 Å². The monoisotopic (exact) mass is 434 g/mol. The molecule has 6 rings (SSSR count). The predicted molar refractivity (Wildman–Crippen MR) is 125 cm³/mol. The lowest BCUT2D eigenvalue weighted by molar-refractivity contribution is -0.181. The molecule has 3 heteroatoms. The zero-order chi connectivity index (χ0) is 22.1. The minimum atomic E-state index is -0.308. The number of allylic oxidation sites excluding steroid dienone is 2. The van der Waals surface area contributed by atoms with Gasteiger partial charge in [0.25, 0.3) is 0 Å². The number of benzene rings is 1. The minimum Gasteiger partial charge on any atom is -0.348 e. The Morgan fingerprint density at radius 2 is 1.75 bits per heavy atom. The molecule has 0 N–H and O–H groups in total. The van der Waals surface area contributed by atoms with Crippen molar-refractivity contribution in [2.24, 2.45) is 29.1 Å². The second-order valence-electron chi connectivity index (χ2n) is 11.7. The van der Waals surface area contributed by atoms with Gasteiger partial charge in [-0.2, -0.15) is 0 Å².